The Morgan fingerprint density at radius 3 is 2.39 bits per heavy atom. The lowest BCUT2D eigenvalue weighted by Crippen LogP contribution is -2.13. The lowest BCUT2D eigenvalue weighted by Gasteiger charge is -2.08. The molecule has 0 aliphatic rings. The lowest BCUT2D eigenvalue weighted by molar-refractivity contribution is -0.384. The number of nitrogens with one attached hydrogen (secondary N) is 1. The van der Waals surface area contributed by atoms with Crippen molar-refractivity contribution in [3.05, 3.63) is 62.7 Å². The number of carboxylic acid groups (broad SMARTS) is 1. The van der Waals surface area contributed by atoms with Crippen molar-refractivity contribution in [2.24, 2.45) is 0 Å². The van der Waals surface area contributed by atoms with E-state index in [1.807, 2.05) is 0 Å². The molecule has 0 bridgehead atoms. The van der Waals surface area contributed by atoms with Crippen molar-refractivity contribution in [3.8, 4) is 5.75 Å². The molecule has 0 fully saturated rings. The standard InChI is InChI=1S/C14H9ClN2O6/c15-11-6-8(17(22)23)2-3-9(11)13(19)16-7-1-4-12(18)10(5-7)14(20)21/h1-6,18H,(H,16,19)(H,20,21). The van der Waals surface area contributed by atoms with Gasteiger partial charge in [0.1, 0.15) is 11.3 Å². The summed E-state index contributed by atoms with van der Waals surface area (Å²) < 4.78 is 0. The molecule has 2 aromatic rings. The normalized spacial score (nSPS) is 10.1. The number of carbonyl (C=O) groups excluding carboxylic acids is 1. The van der Waals surface area contributed by atoms with Gasteiger partial charge in [-0.3, -0.25) is 14.9 Å². The number of nitro benzene ring substituents is 1. The minimum Gasteiger partial charge on any atom is -0.507 e. The third-order valence-electron chi connectivity index (χ3n) is 2.89. The van der Waals surface area contributed by atoms with Crippen molar-refractivity contribution in [2.75, 3.05) is 5.32 Å². The van der Waals surface area contributed by atoms with Crippen molar-refractivity contribution in [3.63, 3.8) is 0 Å². The van der Waals surface area contributed by atoms with Crippen molar-refractivity contribution in [1.82, 2.24) is 0 Å². The Bertz CT molecular complexity index is 821. The molecule has 1 amide bonds. The first kappa shape index (κ1) is 16.2. The van der Waals surface area contributed by atoms with Gasteiger partial charge in [0.25, 0.3) is 11.6 Å². The van der Waals surface area contributed by atoms with Crippen molar-refractivity contribution < 1.29 is 24.7 Å². The summed E-state index contributed by atoms with van der Waals surface area (Å²) in [6.45, 7) is 0. The number of rotatable bonds is 4. The molecule has 118 valence electrons. The Hall–Kier alpha value is -3.13. The zero-order valence-corrected chi connectivity index (χ0v) is 12.1. The average Bonchev–Trinajstić information content (AvgIpc) is 2.48. The minimum absolute atomic E-state index is 0.0118. The van der Waals surface area contributed by atoms with Gasteiger partial charge in [-0.05, 0) is 24.3 Å². The Morgan fingerprint density at radius 1 is 1.13 bits per heavy atom. The highest BCUT2D eigenvalue weighted by Crippen LogP contribution is 2.25. The predicted molar refractivity (Wildman–Crippen MR) is 81.1 cm³/mol. The molecule has 2 aromatic carbocycles. The van der Waals surface area contributed by atoms with E-state index in [4.69, 9.17) is 16.7 Å². The van der Waals surface area contributed by atoms with E-state index < -0.39 is 22.5 Å². The monoisotopic (exact) mass is 336 g/mol. The molecule has 0 radical (unpaired) electrons. The number of carboxylic acids is 1. The number of halogens is 1. The van der Waals surface area contributed by atoms with E-state index in [-0.39, 0.29) is 27.5 Å². The topological polar surface area (TPSA) is 130 Å². The van der Waals surface area contributed by atoms with E-state index in [0.717, 1.165) is 24.3 Å². The fourth-order valence-electron chi connectivity index (χ4n) is 1.79. The zero-order chi connectivity index (χ0) is 17.1. The summed E-state index contributed by atoms with van der Waals surface area (Å²) in [6.07, 6.45) is 0. The van der Waals surface area contributed by atoms with Crippen LogP contribution in [0, 0.1) is 10.1 Å². The highest BCUT2D eigenvalue weighted by atomic mass is 35.5. The summed E-state index contributed by atoms with van der Waals surface area (Å²) in [5.74, 6) is -2.47. The van der Waals surface area contributed by atoms with Gasteiger partial charge in [-0.25, -0.2) is 4.79 Å². The smallest absolute Gasteiger partial charge is 0.339 e. The first-order valence-corrected chi connectivity index (χ1v) is 6.49. The predicted octanol–water partition coefficient (Wildman–Crippen LogP) is 2.90. The van der Waals surface area contributed by atoms with E-state index in [2.05, 4.69) is 5.32 Å². The number of anilines is 1. The van der Waals surface area contributed by atoms with Gasteiger partial charge < -0.3 is 15.5 Å². The second kappa shape index (κ2) is 6.32. The Kier molecular flexibility index (Phi) is 4.47. The summed E-state index contributed by atoms with van der Waals surface area (Å²) in [5.41, 5.74) is -0.524. The van der Waals surface area contributed by atoms with Crippen molar-refractivity contribution >= 4 is 34.9 Å². The molecule has 3 N–H and O–H groups in total. The first-order chi connectivity index (χ1) is 10.8. The van der Waals surface area contributed by atoms with Gasteiger partial charge >= 0.3 is 5.97 Å². The van der Waals surface area contributed by atoms with Crippen molar-refractivity contribution in [2.45, 2.75) is 0 Å². The highest BCUT2D eigenvalue weighted by Gasteiger charge is 2.16. The van der Waals surface area contributed by atoms with Crippen LogP contribution >= 0.6 is 11.6 Å². The summed E-state index contributed by atoms with van der Waals surface area (Å²) in [5, 5.41) is 31.2. The number of hydrogen-bond donors (Lipinski definition) is 3. The molecule has 2 rings (SSSR count). The summed E-state index contributed by atoms with van der Waals surface area (Å²) in [7, 11) is 0. The van der Waals surface area contributed by atoms with Gasteiger partial charge in [0.2, 0.25) is 0 Å². The first-order valence-electron chi connectivity index (χ1n) is 6.11. The van der Waals surface area contributed by atoms with Gasteiger partial charge in [0.15, 0.2) is 0 Å². The van der Waals surface area contributed by atoms with Crippen LogP contribution in [0.3, 0.4) is 0 Å². The third kappa shape index (κ3) is 3.55. The van der Waals surface area contributed by atoms with Gasteiger partial charge in [0.05, 0.1) is 15.5 Å². The largest absolute Gasteiger partial charge is 0.507 e. The van der Waals surface area contributed by atoms with Crippen LogP contribution < -0.4 is 5.32 Å². The number of hydrogen-bond acceptors (Lipinski definition) is 5. The molecular formula is C14H9ClN2O6. The number of phenols is 1. The van der Waals surface area contributed by atoms with Crippen LogP contribution in [0.15, 0.2) is 36.4 Å². The number of nitro groups is 1. The number of benzene rings is 2. The SMILES string of the molecule is O=C(O)c1cc(NC(=O)c2ccc([N+](=O)[O-])cc2Cl)ccc1O. The van der Waals surface area contributed by atoms with E-state index in [1.165, 1.54) is 12.1 Å². The molecule has 0 heterocycles. The molecule has 9 heteroatoms. The Morgan fingerprint density at radius 2 is 1.83 bits per heavy atom. The fourth-order valence-corrected chi connectivity index (χ4v) is 2.05. The van der Waals surface area contributed by atoms with Crippen LogP contribution in [0.5, 0.6) is 5.75 Å². The number of amides is 1. The maximum Gasteiger partial charge on any atom is 0.339 e. The molecule has 0 unspecified atom stereocenters. The van der Waals surface area contributed by atoms with Gasteiger partial charge in [-0.2, -0.15) is 0 Å². The molecule has 0 atom stereocenters. The molecule has 0 aromatic heterocycles. The van der Waals surface area contributed by atoms with E-state index in [1.54, 1.807) is 0 Å². The molecule has 0 aliphatic heterocycles. The second-order valence-electron chi connectivity index (χ2n) is 4.41. The third-order valence-corrected chi connectivity index (χ3v) is 3.21. The van der Waals surface area contributed by atoms with Gasteiger partial charge in [0, 0.05) is 17.8 Å². The van der Waals surface area contributed by atoms with E-state index in [0.29, 0.717) is 0 Å². The van der Waals surface area contributed by atoms with Crippen LogP contribution in [0.25, 0.3) is 0 Å². The van der Waals surface area contributed by atoms with Crippen LogP contribution in [-0.2, 0) is 0 Å². The van der Waals surface area contributed by atoms with Gasteiger partial charge in [-0.1, -0.05) is 11.6 Å². The molecule has 23 heavy (non-hydrogen) atoms. The summed E-state index contributed by atoms with van der Waals surface area (Å²) >= 11 is 5.84. The zero-order valence-electron chi connectivity index (χ0n) is 11.3. The fraction of sp³-hybridized carbons (Fsp3) is 0. The van der Waals surface area contributed by atoms with Crippen LogP contribution in [0.4, 0.5) is 11.4 Å². The number of aromatic hydroxyl groups is 1. The quantitative estimate of drug-likeness (QED) is 0.447. The molecule has 8 nitrogen and oxygen atoms in total. The highest BCUT2D eigenvalue weighted by molar-refractivity contribution is 6.34. The average molecular weight is 337 g/mol. The molecule has 0 aliphatic carbocycles. The molecule has 0 saturated carbocycles. The molecule has 0 saturated heterocycles. The van der Waals surface area contributed by atoms with Crippen LogP contribution in [0.1, 0.15) is 20.7 Å². The number of non-ortho nitro benzene ring substituents is 1. The van der Waals surface area contributed by atoms with E-state index in [9.17, 15) is 24.8 Å². The Balaban J connectivity index is 2.27. The molecular weight excluding hydrogens is 328 g/mol. The summed E-state index contributed by atoms with van der Waals surface area (Å²) in [6, 6.07) is 6.86. The summed E-state index contributed by atoms with van der Waals surface area (Å²) in [4.78, 5) is 33.0. The lowest BCUT2D eigenvalue weighted by atomic mass is 10.1. The maximum atomic E-state index is 12.1. The Labute approximate surface area is 134 Å². The second-order valence-corrected chi connectivity index (χ2v) is 4.82. The number of aromatic carboxylic acids is 1. The van der Waals surface area contributed by atoms with Crippen LogP contribution in [0.2, 0.25) is 5.02 Å². The molecule has 0 spiro atoms. The van der Waals surface area contributed by atoms with Gasteiger partial charge in [-0.15, -0.1) is 0 Å². The van der Waals surface area contributed by atoms with Crippen LogP contribution in [-0.4, -0.2) is 27.0 Å². The van der Waals surface area contributed by atoms with Crippen molar-refractivity contribution in [1.29, 1.82) is 0 Å². The minimum atomic E-state index is -1.35. The maximum absolute atomic E-state index is 12.1. The number of nitrogens with zero attached hydrogens (tertiary/aromatic N) is 1. The number of carbonyl (C=O) groups is 2. The van der Waals surface area contributed by atoms with E-state index >= 15 is 0 Å².